The molecule has 5 N–H and O–H groups in total. The van der Waals surface area contributed by atoms with Gasteiger partial charge in [-0.15, -0.1) is 23.1 Å². The molecule has 36 heavy (non-hydrogen) atoms. The zero-order valence-electron chi connectivity index (χ0n) is 19.2. The molecule has 0 aromatic carbocycles. The van der Waals surface area contributed by atoms with Crippen LogP contribution in [0.3, 0.4) is 0 Å². The number of nitrogens with one attached hydrogen (secondary N) is 2. The van der Waals surface area contributed by atoms with Gasteiger partial charge in [-0.2, -0.15) is 5.10 Å². The molecule has 2 atom stereocenters. The van der Waals surface area contributed by atoms with Crippen LogP contribution < -0.4 is 15.6 Å². The van der Waals surface area contributed by atoms with Gasteiger partial charge in [0.25, 0.3) is 11.8 Å². The summed E-state index contributed by atoms with van der Waals surface area (Å²) in [6.07, 6.45) is 2.21. The Bertz CT molecular complexity index is 1460. The van der Waals surface area contributed by atoms with E-state index < -0.39 is 29.2 Å². The molecule has 0 radical (unpaired) electrons. The van der Waals surface area contributed by atoms with Gasteiger partial charge in [-0.1, -0.05) is 9.67 Å². The van der Waals surface area contributed by atoms with Crippen molar-refractivity contribution in [1.29, 1.82) is 0 Å². The maximum absolute atomic E-state index is 13.1. The Morgan fingerprint density at radius 3 is 2.94 bits per heavy atom. The standard InChI is InChI=1S/C22H21N7O5S2/c1-10-4-3-5-14-11(7-24-29(10)14)6-12-8-35-20-16(19(31)28(20)17(12)21(32)33)26-18(30)15(27-34-2)13-9-36-22(23)25-13/h3-5,7,9,16,20H,6,8H2,1-2H3,(H4,23,25,26,30,32,33)/p+1/b27-15-/t16-,20-/m1/s1. The van der Waals surface area contributed by atoms with E-state index in [0.717, 1.165) is 28.1 Å². The lowest BCUT2D eigenvalue weighted by Crippen LogP contribution is -2.71. The van der Waals surface area contributed by atoms with Gasteiger partial charge < -0.3 is 21.0 Å². The third-order valence-corrected chi connectivity index (χ3v) is 8.00. The van der Waals surface area contributed by atoms with E-state index in [0.29, 0.717) is 17.7 Å². The minimum atomic E-state index is -1.18. The van der Waals surface area contributed by atoms with Gasteiger partial charge in [-0.25, -0.2) is 9.78 Å². The lowest BCUT2D eigenvalue weighted by molar-refractivity contribution is -0.583. The molecule has 186 valence electrons. The highest BCUT2D eigenvalue weighted by Gasteiger charge is 2.54. The van der Waals surface area contributed by atoms with Gasteiger partial charge in [0.15, 0.2) is 10.8 Å². The molecule has 0 spiro atoms. The van der Waals surface area contributed by atoms with Crippen molar-refractivity contribution in [2.24, 2.45) is 5.16 Å². The Kier molecular flexibility index (Phi) is 6.14. The molecule has 0 bridgehead atoms. The first-order valence-electron chi connectivity index (χ1n) is 10.8. The third-order valence-electron chi connectivity index (χ3n) is 5.98. The molecule has 5 heterocycles. The second-order valence-electron chi connectivity index (χ2n) is 8.17. The van der Waals surface area contributed by atoms with E-state index in [2.05, 4.69) is 20.6 Å². The number of aromatic amines is 1. The number of carboxylic acid groups (broad SMARTS) is 1. The predicted molar refractivity (Wildman–Crippen MR) is 132 cm³/mol. The number of β-lactam (4-membered cyclic amide) rings is 1. The van der Waals surface area contributed by atoms with Crippen LogP contribution in [0.25, 0.3) is 5.52 Å². The maximum atomic E-state index is 13.1. The number of nitrogen functional groups attached to an aromatic ring is 1. The van der Waals surface area contributed by atoms with Crippen molar-refractivity contribution in [1.82, 2.24) is 20.3 Å². The first kappa shape index (κ1) is 23.8. The molecule has 1 saturated heterocycles. The van der Waals surface area contributed by atoms with Crippen molar-refractivity contribution >= 4 is 57.2 Å². The van der Waals surface area contributed by atoms with Crippen LogP contribution in [0.1, 0.15) is 17.0 Å². The highest BCUT2D eigenvalue weighted by Crippen LogP contribution is 2.41. The molecule has 2 amide bonds. The number of H-pyrrole nitrogens is 1. The summed E-state index contributed by atoms with van der Waals surface area (Å²) in [6.45, 7) is 1.97. The summed E-state index contributed by atoms with van der Waals surface area (Å²) < 4.78 is 1.92. The number of aromatic nitrogens is 3. The molecule has 14 heteroatoms. The molecule has 0 aliphatic carbocycles. The number of thiazole rings is 1. The quantitative estimate of drug-likeness (QED) is 0.148. The number of aliphatic carboxylic acids is 1. The fourth-order valence-electron chi connectivity index (χ4n) is 4.35. The molecular formula is C22H22N7O5S2+. The number of hydrogen-bond donors (Lipinski definition) is 4. The Morgan fingerprint density at radius 2 is 2.25 bits per heavy atom. The van der Waals surface area contributed by atoms with Crippen molar-refractivity contribution in [2.75, 3.05) is 18.6 Å². The van der Waals surface area contributed by atoms with Crippen LogP contribution in [-0.2, 0) is 25.6 Å². The maximum Gasteiger partial charge on any atom is 0.352 e. The van der Waals surface area contributed by atoms with Crippen molar-refractivity contribution in [3.05, 3.63) is 58.0 Å². The molecule has 5 rings (SSSR count). The minimum Gasteiger partial charge on any atom is -0.477 e. The number of hydrogen-bond acceptors (Lipinski definition) is 9. The van der Waals surface area contributed by atoms with Crippen LogP contribution in [0.4, 0.5) is 5.13 Å². The summed E-state index contributed by atoms with van der Waals surface area (Å²) >= 11 is 2.53. The van der Waals surface area contributed by atoms with Gasteiger partial charge in [-0.05, 0) is 11.6 Å². The summed E-state index contributed by atoms with van der Waals surface area (Å²) in [5, 5.41) is 20.8. The number of oxime groups is 1. The lowest BCUT2D eigenvalue weighted by Gasteiger charge is -2.49. The Hall–Kier alpha value is -3.91. The van der Waals surface area contributed by atoms with E-state index in [4.69, 9.17) is 10.6 Å². The van der Waals surface area contributed by atoms with Crippen LogP contribution in [0.15, 0.2) is 46.2 Å². The Balaban J connectivity index is 1.38. The number of pyridine rings is 1. The summed E-state index contributed by atoms with van der Waals surface area (Å²) in [6, 6.07) is 4.94. The second kappa shape index (κ2) is 9.28. The molecule has 3 aromatic rings. The molecule has 2 aliphatic heterocycles. The molecule has 12 nitrogen and oxygen atoms in total. The van der Waals surface area contributed by atoms with E-state index in [1.54, 1.807) is 5.38 Å². The van der Waals surface area contributed by atoms with Crippen LogP contribution in [0.5, 0.6) is 0 Å². The first-order valence-corrected chi connectivity index (χ1v) is 12.7. The van der Waals surface area contributed by atoms with E-state index in [-0.39, 0.29) is 22.2 Å². The summed E-state index contributed by atoms with van der Waals surface area (Å²) in [5.41, 5.74) is 9.21. The molecule has 0 unspecified atom stereocenters. The van der Waals surface area contributed by atoms with Crippen molar-refractivity contribution in [3.63, 3.8) is 0 Å². The number of aryl methyl sites for hydroxylation is 1. The molecule has 0 saturated carbocycles. The van der Waals surface area contributed by atoms with Gasteiger partial charge in [0.1, 0.15) is 29.9 Å². The lowest BCUT2D eigenvalue weighted by atomic mass is 9.99. The van der Waals surface area contributed by atoms with E-state index in [9.17, 15) is 19.5 Å². The summed E-state index contributed by atoms with van der Waals surface area (Å²) in [4.78, 5) is 48.3. The van der Waals surface area contributed by atoms with Gasteiger partial charge in [0, 0.05) is 36.6 Å². The number of amides is 2. The minimum absolute atomic E-state index is 0.0423. The summed E-state index contributed by atoms with van der Waals surface area (Å²) in [5.74, 6) is -1.96. The fourth-order valence-corrected chi connectivity index (χ4v) is 6.24. The van der Waals surface area contributed by atoms with E-state index >= 15 is 0 Å². The topological polar surface area (TPSA) is 167 Å². The van der Waals surface area contributed by atoms with Crippen molar-refractivity contribution < 1.29 is 28.8 Å². The highest BCUT2D eigenvalue weighted by atomic mass is 32.2. The fraction of sp³-hybridized carbons (Fsp3) is 0.273. The smallest absolute Gasteiger partial charge is 0.352 e. The van der Waals surface area contributed by atoms with E-state index in [1.807, 2.05) is 35.8 Å². The zero-order valence-corrected chi connectivity index (χ0v) is 20.9. The van der Waals surface area contributed by atoms with Crippen LogP contribution in [0.2, 0.25) is 0 Å². The number of carbonyl (C=O) groups excluding carboxylic acids is 2. The number of anilines is 1. The van der Waals surface area contributed by atoms with Crippen LogP contribution in [0, 0.1) is 6.92 Å². The molecule has 2 aliphatic rings. The third kappa shape index (κ3) is 3.97. The van der Waals surface area contributed by atoms with E-state index in [1.165, 1.54) is 23.8 Å². The normalized spacial score (nSPS) is 19.8. The van der Waals surface area contributed by atoms with Gasteiger partial charge in [0.05, 0.1) is 11.8 Å². The number of fused-ring (bicyclic) bond motifs is 2. The van der Waals surface area contributed by atoms with Gasteiger partial charge >= 0.3 is 5.97 Å². The number of carboxylic acids is 1. The van der Waals surface area contributed by atoms with Gasteiger partial charge in [0.2, 0.25) is 11.2 Å². The largest absolute Gasteiger partial charge is 0.477 e. The molecule has 1 fully saturated rings. The zero-order chi connectivity index (χ0) is 25.6. The number of carbonyl (C=O) groups is 3. The number of rotatable bonds is 7. The van der Waals surface area contributed by atoms with Crippen LogP contribution >= 0.6 is 23.1 Å². The average molecular weight is 529 g/mol. The number of nitrogens with zero attached hydrogens (tertiary/aromatic N) is 4. The first-order chi connectivity index (χ1) is 17.3. The Labute approximate surface area is 212 Å². The predicted octanol–water partition coefficient (Wildman–Crippen LogP) is 0.432. The molecular weight excluding hydrogens is 506 g/mol. The molecule has 3 aromatic heterocycles. The highest BCUT2D eigenvalue weighted by molar-refractivity contribution is 8.00. The number of thioether (sulfide) groups is 1. The van der Waals surface area contributed by atoms with Crippen molar-refractivity contribution in [3.8, 4) is 0 Å². The Morgan fingerprint density at radius 1 is 1.44 bits per heavy atom. The van der Waals surface area contributed by atoms with Crippen LogP contribution in [-0.4, -0.2) is 67.9 Å². The van der Waals surface area contributed by atoms with Gasteiger partial charge in [-0.3, -0.25) is 14.5 Å². The van der Waals surface area contributed by atoms with Crippen molar-refractivity contribution in [2.45, 2.75) is 24.8 Å². The number of nitrogens with two attached hydrogens (primary N) is 1. The second-order valence-corrected chi connectivity index (χ2v) is 10.2. The average Bonchev–Trinajstić information content (AvgIpc) is 3.47. The SMILES string of the molecule is CO/N=C(\C(=O)N[C@@H]1C(=O)N2C(C(=O)O)=C(Cc3c[nH][n+]4c(C)cccc34)CS[C@H]12)c1csc(N)n1. The monoisotopic (exact) mass is 528 g/mol. The summed E-state index contributed by atoms with van der Waals surface area (Å²) in [7, 11) is 1.29.